The predicted octanol–water partition coefficient (Wildman–Crippen LogP) is -1.09. The van der Waals surface area contributed by atoms with Crippen molar-refractivity contribution in [1.29, 1.82) is 0 Å². The molecule has 0 aromatic carbocycles. The molecule has 0 aliphatic heterocycles. The Morgan fingerprint density at radius 1 is 1.31 bits per heavy atom. The van der Waals surface area contributed by atoms with E-state index in [1.54, 1.807) is 0 Å². The van der Waals surface area contributed by atoms with Gasteiger partial charge in [0.25, 0.3) is 0 Å². The summed E-state index contributed by atoms with van der Waals surface area (Å²) in [5.74, 6) is -2.70. The lowest BCUT2D eigenvalue weighted by atomic mass is 10.2. The van der Waals surface area contributed by atoms with Gasteiger partial charge in [0.2, 0.25) is 0 Å². The van der Waals surface area contributed by atoms with Gasteiger partial charge in [0.05, 0.1) is 0 Å². The lowest BCUT2D eigenvalue weighted by molar-refractivity contribution is -0.325. The van der Waals surface area contributed by atoms with Gasteiger partial charge in [0, 0.05) is 31.6 Å². The van der Waals surface area contributed by atoms with Crippen molar-refractivity contribution in [2.45, 2.75) is 5.97 Å². The van der Waals surface area contributed by atoms with E-state index in [1.807, 2.05) is 0 Å². The molecule has 0 aromatic heterocycles. The minimum absolute atomic E-state index is 0.0355. The predicted molar refractivity (Wildman–Crippen MR) is 49.4 cm³/mol. The Morgan fingerprint density at radius 3 is 1.77 bits per heavy atom. The fraction of sp³-hybridized carbons (Fsp3) is 0.571. The third kappa shape index (κ3) is 2.38. The molecule has 5 nitrogen and oxygen atoms in total. The van der Waals surface area contributed by atoms with Gasteiger partial charge in [-0.25, -0.2) is 4.79 Å². The van der Waals surface area contributed by atoms with Crippen molar-refractivity contribution in [2.24, 2.45) is 0 Å². The number of methoxy groups -OCH3 is 3. The minimum atomic E-state index is -1.59. The van der Waals surface area contributed by atoms with E-state index >= 15 is 0 Å². The van der Waals surface area contributed by atoms with Crippen molar-refractivity contribution in [3.63, 3.8) is 0 Å². The number of aliphatic carboxylic acids is 1. The van der Waals surface area contributed by atoms with Crippen LogP contribution in [0.1, 0.15) is 0 Å². The van der Waals surface area contributed by atoms with E-state index < -0.39 is 11.9 Å². The lowest BCUT2D eigenvalue weighted by Gasteiger charge is -2.28. The number of hydrogen-bond donors (Lipinski definition) is 1. The highest BCUT2D eigenvalue weighted by molar-refractivity contribution is 6.19. The molecule has 0 atom stereocenters. The molecule has 0 aliphatic rings. The zero-order valence-corrected chi connectivity index (χ0v) is 10.2. The largest absolute Gasteiger partial charge is 0.478 e. The second-order valence-corrected chi connectivity index (χ2v) is 2.75. The molecule has 1 N–H and O–H groups in total. The topological polar surface area (TPSA) is 65.0 Å². The molecule has 0 rings (SSSR count). The summed E-state index contributed by atoms with van der Waals surface area (Å²) in [6.45, 7) is 0. The van der Waals surface area contributed by atoms with Crippen LogP contribution in [-0.2, 0) is 19.0 Å². The highest BCUT2D eigenvalue weighted by Crippen LogP contribution is 2.22. The van der Waals surface area contributed by atoms with Crippen LogP contribution in [0.3, 0.4) is 0 Å². The summed E-state index contributed by atoms with van der Waals surface area (Å²) in [7, 11) is 4.54. The third-order valence-corrected chi connectivity index (χ3v) is 2.23. The zero-order valence-electron chi connectivity index (χ0n) is 8.16. The zero-order chi connectivity index (χ0) is 10.5. The molecular formula is C7H14O5Si. The van der Waals surface area contributed by atoms with Crippen molar-refractivity contribution < 1.29 is 24.1 Å². The summed E-state index contributed by atoms with van der Waals surface area (Å²) in [5, 5.41) is 8.82. The molecule has 76 valence electrons. The first-order valence-corrected chi connectivity index (χ1v) is 4.79. The van der Waals surface area contributed by atoms with Gasteiger partial charge in [0.1, 0.15) is 5.57 Å². The average Bonchev–Trinajstić information content (AvgIpc) is 2.13. The maximum Gasteiger partial charge on any atom is 0.339 e. The van der Waals surface area contributed by atoms with Gasteiger partial charge in [0.15, 0.2) is 0 Å². The standard InChI is InChI=1S/C7H14O5Si/c1-10-7(11-2,12-3)5(4-13)6(8)9/h4H,1-3,13H3,(H,8,9). The molecule has 0 fully saturated rings. The number of carboxylic acid groups (broad SMARTS) is 1. The monoisotopic (exact) mass is 206 g/mol. The molecule has 0 amide bonds. The third-order valence-electron chi connectivity index (χ3n) is 1.66. The van der Waals surface area contributed by atoms with Gasteiger partial charge in [-0.15, -0.1) is 0 Å². The molecule has 0 saturated carbocycles. The molecule has 0 bridgehead atoms. The summed E-state index contributed by atoms with van der Waals surface area (Å²) in [5.41, 5.74) is 1.46. The van der Waals surface area contributed by atoms with Gasteiger partial charge < -0.3 is 19.3 Å². The Morgan fingerprint density at radius 2 is 1.69 bits per heavy atom. The van der Waals surface area contributed by atoms with E-state index in [1.165, 1.54) is 27.0 Å². The molecule has 0 spiro atoms. The van der Waals surface area contributed by atoms with E-state index in [0.717, 1.165) is 0 Å². The first-order valence-electron chi connectivity index (χ1n) is 3.63. The molecule has 0 aromatic rings. The second-order valence-electron chi connectivity index (χ2n) is 2.18. The summed E-state index contributed by atoms with van der Waals surface area (Å²) >= 11 is 0. The second kappa shape index (κ2) is 5.13. The van der Waals surface area contributed by atoms with Crippen molar-refractivity contribution in [2.75, 3.05) is 21.3 Å². The Balaban J connectivity index is 5.01. The number of ether oxygens (including phenoxy) is 3. The van der Waals surface area contributed by atoms with Crippen LogP contribution in [0.5, 0.6) is 0 Å². The normalized spacial score (nSPS) is 13.3. The number of hydrogen-bond acceptors (Lipinski definition) is 4. The Labute approximate surface area is 79.7 Å². The smallest absolute Gasteiger partial charge is 0.339 e. The maximum absolute atomic E-state index is 10.8. The Bertz CT molecular complexity index is 201. The first-order chi connectivity index (χ1) is 6.07. The molecule has 0 heterocycles. The van der Waals surface area contributed by atoms with Crippen LogP contribution >= 0.6 is 0 Å². The number of carboxylic acids is 1. The van der Waals surface area contributed by atoms with Gasteiger partial charge in [-0.3, -0.25) is 0 Å². The van der Waals surface area contributed by atoms with E-state index in [0.29, 0.717) is 10.2 Å². The molecule has 13 heavy (non-hydrogen) atoms. The minimum Gasteiger partial charge on any atom is -0.478 e. The van der Waals surface area contributed by atoms with E-state index in [-0.39, 0.29) is 5.57 Å². The van der Waals surface area contributed by atoms with Crippen LogP contribution in [0.4, 0.5) is 0 Å². The highest BCUT2D eigenvalue weighted by atomic mass is 28.1. The first kappa shape index (κ1) is 12.3. The van der Waals surface area contributed by atoms with Crippen LogP contribution in [0.2, 0.25) is 0 Å². The molecule has 0 unspecified atom stereocenters. The van der Waals surface area contributed by atoms with E-state index in [2.05, 4.69) is 0 Å². The summed E-state index contributed by atoms with van der Waals surface area (Å²) in [6.07, 6.45) is 0. The summed E-state index contributed by atoms with van der Waals surface area (Å²) in [4.78, 5) is 10.8. The van der Waals surface area contributed by atoms with E-state index in [9.17, 15) is 4.79 Å². The van der Waals surface area contributed by atoms with Gasteiger partial charge in [-0.2, -0.15) is 0 Å². The average molecular weight is 206 g/mol. The molecule has 0 radical (unpaired) electrons. The van der Waals surface area contributed by atoms with Crippen LogP contribution in [-0.4, -0.2) is 48.6 Å². The fourth-order valence-corrected chi connectivity index (χ4v) is 1.61. The van der Waals surface area contributed by atoms with Crippen molar-refractivity contribution in [3.8, 4) is 0 Å². The molecular weight excluding hydrogens is 192 g/mol. The van der Waals surface area contributed by atoms with Gasteiger partial charge in [-0.1, -0.05) is 5.70 Å². The maximum atomic E-state index is 10.8. The van der Waals surface area contributed by atoms with Crippen molar-refractivity contribution in [1.82, 2.24) is 0 Å². The van der Waals surface area contributed by atoms with Crippen LogP contribution < -0.4 is 0 Å². The Kier molecular flexibility index (Phi) is 4.85. The molecule has 0 saturated heterocycles. The fourth-order valence-electron chi connectivity index (χ4n) is 1.01. The highest BCUT2D eigenvalue weighted by Gasteiger charge is 2.38. The quantitative estimate of drug-likeness (QED) is 0.352. The Hall–Kier alpha value is -0.693. The van der Waals surface area contributed by atoms with Gasteiger partial charge in [-0.05, 0) is 0 Å². The van der Waals surface area contributed by atoms with Crippen LogP contribution in [0.15, 0.2) is 11.3 Å². The van der Waals surface area contributed by atoms with Crippen LogP contribution in [0.25, 0.3) is 0 Å². The molecule has 6 heteroatoms. The van der Waals surface area contributed by atoms with Crippen LogP contribution in [0, 0.1) is 0 Å². The van der Waals surface area contributed by atoms with E-state index in [4.69, 9.17) is 19.3 Å². The SMILES string of the molecule is COC(OC)(OC)C(=C[SiH3])C(=O)O. The van der Waals surface area contributed by atoms with Crippen molar-refractivity contribution in [3.05, 3.63) is 11.3 Å². The lowest BCUT2D eigenvalue weighted by Crippen LogP contribution is -2.41. The summed E-state index contributed by atoms with van der Waals surface area (Å²) < 4.78 is 14.6. The molecule has 0 aliphatic carbocycles. The number of carbonyl (C=O) groups is 1. The summed E-state index contributed by atoms with van der Waals surface area (Å²) in [6, 6.07) is 0. The number of rotatable bonds is 5. The van der Waals surface area contributed by atoms with Crippen molar-refractivity contribution >= 4 is 16.2 Å². The van der Waals surface area contributed by atoms with Gasteiger partial charge >= 0.3 is 11.9 Å².